The highest BCUT2D eigenvalue weighted by atomic mass is 32.2. The highest BCUT2D eigenvalue weighted by Gasteiger charge is 2.40. The Hall–Kier alpha value is -2.09. The van der Waals surface area contributed by atoms with E-state index in [0.29, 0.717) is 17.4 Å². The van der Waals surface area contributed by atoms with E-state index in [1.165, 1.54) is 12.8 Å². The molecule has 2 fully saturated rings. The van der Waals surface area contributed by atoms with Gasteiger partial charge in [0.2, 0.25) is 5.91 Å². The van der Waals surface area contributed by atoms with Crippen molar-refractivity contribution in [2.24, 2.45) is 11.8 Å². The first-order valence-corrected chi connectivity index (χ1v) is 10.3. The van der Waals surface area contributed by atoms with Crippen molar-refractivity contribution in [3.05, 3.63) is 42.1 Å². The Labute approximate surface area is 165 Å². The van der Waals surface area contributed by atoms with Crippen molar-refractivity contribution >= 4 is 17.7 Å². The summed E-state index contributed by atoms with van der Waals surface area (Å²) in [5.41, 5.74) is -0.236. The molecule has 8 heteroatoms. The minimum absolute atomic E-state index is 0.00340. The van der Waals surface area contributed by atoms with Gasteiger partial charge in [0, 0.05) is 11.6 Å². The van der Waals surface area contributed by atoms with E-state index in [0.717, 1.165) is 30.7 Å². The van der Waals surface area contributed by atoms with Gasteiger partial charge >= 0.3 is 6.18 Å². The number of carbonyl (C=O) groups excluding carboxylic acids is 1. The number of benzene rings is 1. The van der Waals surface area contributed by atoms with Crippen LogP contribution in [0.25, 0.3) is 11.3 Å². The van der Waals surface area contributed by atoms with Gasteiger partial charge < -0.3 is 5.32 Å². The molecule has 3 atom stereocenters. The minimum atomic E-state index is -4.58. The fraction of sp³-hybridized carbons (Fsp3) is 0.450. The van der Waals surface area contributed by atoms with Crippen molar-refractivity contribution < 1.29 is 18.0 Å². The summed E-state index contributed by atoms with van der Waals surface area (Å²) in [6.07, 6.45) is 0.00767. The summed E-state index contributed by atoms with van der Waals surface area (Å²) in [6, 6.07) is 9.78. The van der Waals surface area contributed by atoms with Gasteiger partial charge in [-0.3, -0.25) is 4.79 Å². The Morgan fingerprint density at radius 1 is 1.14 bits per heavy atom. The van der Waals surface area contributed by atoms with Gasteiger partial charge in [0.25, 0.3) is 0 Å². The summed E-state index contributed by atoms with van der Waals surface area (Å²) in [7, 11) is 0. The molecule has 0 saturated heterocycles. The lowest BCUT2D eigenvalue weighted by atomic mass is 9.95. The fourth-order valence-corrected chi connectivity index (χ4v) is 4.86. The molecule has 0 spiro atoms. The number of nitrogens with one attached hydrogen (secondary N) is 1. The molecule has 1 N–H and O–H groups in total. The molecule has 0 unspecified atom stereocenters. The number of hydrogen-bond acceptors (Lipinski definition) is 4. The Balaban J connectivity index is 1.46. The zero-order chi connectivity index (χ0) is 19.7. The summed E-state index contributed by atoms with van der Waals surface area (Å²) < 4.78 is 39.7. The van der Waals surface area contributed by atoms with Crippen LogP contribution >= 0.6 is 11.8 Å². The average molecular weight is 407 g/mol. The Bertz CT molecular complexity index is 860. The van der Waals surface area contributed by atoms with Crippen molar-refractivity contribution in [3.63, 3.8) is 0 Å². The summed E-state index contributed by atoms with van der Waals surface area (Å²) in [4.78, 5) is 20.1. The van der Waals surface area contributed by atoms with Crippen LogP contribution in [0.2, 0.25) is 0 Å². The van der Waals surface area contributed by atoms with Gasteiger partial charge in [-0.25, -0.2) is 9.97 Å². The lowest BCUT2D eigenvalue weighted by Gasteiger charge is -2.22. The standard InChI is InChI=1S/C20H20F3N3OS/c21-20(22,23)17-10-16(13-4-2-1-3-5-13)25-19(26-17)28-11-18(27)24-15-9-12-6-7-14(15)8-12/h1-5,10,12,14-15H,6-9,11H2,(H,24,27)/t12-,14-,15-/m1/s1. The number of hydrogen-bond donors (Lipinski definition) is 1. The van der Waals surface area contributed by atoms with Crippen LogP contribution in [-0.2, 0) is 11.0 Å². The van der Waals surface area contributed by atoms with Crippen molar-refractivity contribution in [2.75, 3.05) is 5.75 Å². The summed E-state index contributed by atoms with van der Waals surface area (Å²) in [6.45, 7) is 0. The highest BCUT2D eigenvalue weighted by molar-refractivity contribution is 7.99. The lowest BCUT2D eigenvalue weighted by Crippen LogP contribution is -2.39. The van der Waals surface area contributed by atoms with Gasteiger partial charge in [-0.1, -0.05) is 48.5 Å². The maximum Gasteiger partial charge on any atom is 0.433 e. The third-order valence-electron chi connectivity index (χ3n) is 5.48. The first kappa shape index (κ1) is 19.2. The molecule has 1 amide bonds. The summed E-state index contributed by atoms with van der Waals surface area (Å²) in [5.74, 6) is 1.09. The number of alkyl halides is 3. The van der Waals surface area contributed by atoms with Crippen molar-refractivity contribution in [2.45, 2.75) is 43.1 Å². The molecule has 4 rings (SSSR count). The maximum atomic E-state index is 13.2. The molecule has 0 aliphatic heterocycles. The van der Waals surface area contributed by atoms with E-state index in [9.17, 15) is 18.0 Å². The molecule has 0 radical (unpaired) electrons. The molecule has 1 aromatic heterocycles. The van der Waals surface area contributed by atoms with E-state index >= 15 is 0 Å². The first-order valence-electron chi connectivity index (χ1n) is 9.32. The number of halogens is 3. The predicted octanol–water partition coefficient (Wildman–Crippen LogP) is 4.56. The fourth-order valence-electron chi connectivity index (χ4n) is 4.19. The van der Waals surface area contributed by atoms with Crippen LogP contribution in [0.5, 0.6) is 0 Å². The number of carbonyl (C=O) groups is 1. The number of thioether (sulfide) groups is 1. The highest BCUT2D eigenvalue weighted by Crippen LogP contribution is 2.44. The Morgan fingerprint density at radius 3 is 2.57 bits per heavy atom. The zero-order valence-electron chi connectivity index (χ0n) is 15.1. The molecule has 2 aliphatic rings. The summed E-state index contributed by atoms with van der Waals surface area (Å²) in [5, 5.41) is 2.99. The molecule has 4 nitrogen and oxygen atoms in total. The quantitative estimate of drug-likeness (QED) is 0.583. The number of aromatic nitrogens is 2. The number of rotatable bonds is 5. The topological polar surface area (TPSA) is 54.9 Å². The second-order valence-corrected chi connectivity index (χ2v) is 8.36. The van der Waals surface area contributed by atoms with Gasteiger partial charge in [0.15, 0.2) is 5.16 Å². The van der Waals surface area contributed by atoms with Crippen LogP contribution in [0.3, 0.4) is 0 Å². The normalized spacial score (nSPS) is 23.8. The SMILES string of the molecule is O=C(CSc1nc(-c2ccccc2)cc(C(F)(F)F)n1)N[C@@H]1C[C@@H]2CC[C@@H]1C2. The Kier molecular flexibility index (Phi) is 5.31. The van der Waals surface area contributed by atoms with Crippen LogP contribution in [0.1, 0.15) is 31.4 Å². The van der Waals surface area contributed by atoms with E-state index in [4.69, 9.17) is 0 Å². The molecule has 2 aromatic rings. The van der Waals surface area contributed by atoms with Crippen LogP contribution in [0, 0.1) is 11.8 Å². The largest absolute Gasteiger partial charge is 0.433 e. The smallest absolute Gasteiger partial charge is 0.352 e. The van der Waals surface area contributed by atoms with Crippen molar-refractivity contribution in [3.8, 4) is 11.3 Å². The predicted molar refractivity (Wildman–Crippen MR) is 101 cm³/mol. The van der Waals surface area contributed by atoms with E-state index in [-0.39, 0.29) is 28.6 Å². The lowest BCUT2D eigenvalue weighted by molar-refractivity contribution is -0.141. The molecular weight excluding hydrogens is 387 g/mol. The average Bonchev–Trinajstić information content (AvgIpc) is 3.29. The third kappa shape index (κ3) is 4.32. The second kappa shape index (κ2) is 7.73. The van der Waals surface area contributed by atoms with Gasteiger partial charge in [0.1, 0.15) is 5.69 Å². The molecule has 148 valence electrons. The van der Waals surface area contributed by atoms with Crippen molar-refractivity contribution in [1.82, 2.24) is 15.3 Å². The molecular formula is C20H20F3N3OS. The van der Waals surface area contributed by atoms with E-state index in [1.807, 2.05) is 0 Å². The van der Waals surface area contributed by atoms with Gasteiger partial charge in [0.05, 0.1) is 11.4 Å². The summed E-state index contributed by atoms with van der Waals surface area (Å²) >= 11 is 0.937. The van der Waals surface area contributed by atoms with E-state index < -0.39 is 11.9 Å². The van der Waals surface area contributed by atoms with E-state index in [2.05, 4.69) is 15.3 Å². The van der Waals surface area contributed by atoms with Gasteiger partial charge in [-0.05, 0) is 37.2 Å². The molecule has 2 aliphatic carbocycles. The van der Waals surface area contributed by atoms with E-state index in [1.54, 1.807) is 30.3 Å². The minimum Gasteiger partial charge on any atom is -0.352 e. The van der Waals surface area contributed by atoms with Crippen LogP contribution < -0.4 is 5.32 Å². The maximum absolute atomic E-state index is 13.2. The van der Waals surface area contributed by atoms with Gasteiger partial charge in [-0.2, -0.15) is 13.2 Å². The number of amides is 1. The number of nitrogens with zero attached hydrogens (tertiary/aromatic N) is 2. The Morgan fingerprint density at radius 2 is 1.93 bits per heavy atom. The second-order valence-electron chi connectivity index (χ2n) is 7.42. The van der Waals surface area contributed by atoms with Gasteiger partial charge in [-0.15, -0.1) is 0 Å². The van der Waals surface area contributed by atoms with Crippen LogP contribution in [0.15, 0.2) is 41.6 Å². The molecule has 1 heterocycles. The first-order chi connectivity index (χ1) is 13.4. The van der Waals surface area contributed by atoms with Crippen LogP contribution in [-0.4, -0.2) is 27.7 Å². The monoisotopic (exact) mass is 407 g/mol. The molecule has 28 heavy (non-hydrogen) atoms. The molecule has 2 bridgehead atoms. The molecule has 2 saturated carbocycles. The number of fused-ring (bicyclic) bond motifs is 2. The van der Waals surface area contributed by atoms with Crippen molar-refractivity contribution in [1.29, 1.82) is 0 Å². The molecule has 1 aromatic carbocycles. The van der Waals surface area contributed by atoms with Crippen LogP contribution in [0.4, 0.5) is 13.2 Å². The zero-order valence-corrected chi connectivity index (χ0v) is 15.9. The third-order valence-corrected chi connectivity index (χ3v) is 6.33.